The number of likely N-dealkylation sites (tertiary alicyclic amines) is 2. The summed E-state index contributed by atoms with van der Waals surface area (Å²) in [6.45, 7) is 10.3. The van der Waals surface area contributed by atoms with E-state index in [1.54, 1.807) is 0 Å². The van der Waals surface area contributed by atoms with E-state index in [1.165, 1.54) is 19.5 Å². The van der Waals surface area contributed by atoms with Gasteiger partial charge in [0, 0.05) is 37.7 Å². The van der Waals surface area contributed by atoms with E-state index in [2.05, 4.69) is 23.6 Å². The summed E-state index contributed by atoms with van der Waals surface area (Å²) in [4.78, 5) is 16.8. The first-order valence-corrected chi connectivity index (χ1v) is 7.20. The molecule has 3 rings (SSSR count). The number of carbonyl (C=O) groups excluding carboxylic acids is 1. The van der Waals surface area contributed by atoms with Crippen LogP contribution in [0.15, 0.2) is 0 Å². The fourth-order valence-electron chi connectivity index (χ4n) is 3.58. The molecule has 4 nitrogen and oxygen atoms in total. The van der Waals surface area contributed by atoms with E-state index in [-0.39, 0.29) is 5.92 Å². The van der Waals surface area contributed by atoms with E-state index in [0.29, 0.717) is 24.0 Å². The summed E-state index contributed by atoms with van der Waals surface area (Å²) in [6.07, 6.45) is 2.18. The molecule has 18 heavy (non-hydrogen) atoms. The lowest BCUT2D eigenvalue weighted by Crippen LogP contribution is -2.60. The van der Waals surface area contributed by atoms with Gasteiger partial charge >= 0.3 is 0 Å². The van der Waals surface area contributed by atoms with Crippen LogP contribution in [0.1, 0.15) is 26.7 Å². The second kappa shape index (κ2) is 4.49. The number of amides is 1. The van der Waals surface area contributed by atoms with Crippen molar-refractivity contribution in [1.29, 1.82) is 0 Å². The molecule has 3 saturated heterocycles. The Morgan fingerprint density at radius 3 is 2.67 bits per heavy atom. The molecule has 1 unspecified atom stereocenters. The molecule has 102 valence electrons. The van der Waals surface area contributed by atoms with Gasteiger partial charge < -0.3 is 14.5 Å². The summed E-state index contributed by atoms with van der Waals surface area (Å²) in [5.41, 5.74) is 0.416. The van der Waals surface area contributed by atoms with Crippen molar-refractivity contribution in [2.75, 3.05) is 39.4 Å². The Bertz CT molecular complexity index is 331. The molecule has 0 radical (unpaired) electrons. The second-order valence-electron chi connectivity index (χ2n) is 6.57. The molecule has 0 aromatic heterocycles. The van der Waals surface area contributed by atoms with Crippen molar-refractivity contribution in [2.45, 2.75) is 32.7 Å². The number of ether oxygens (including phenoxy) is 1. The van der Waals surface area contributed by atoms with Crippen LogP contribution in [-0.2, 0) is 9.53 Å². The van der Waals surface area contributed by atoms with E-state index in [4.69, 9.17) is 4.74 Å². The zero-order valence-corrected chi connectivity index (χ0v) is 11.5. The highest BCUT2D eigenvalue weighted by Crippen LogP contribution is 2.41. The van der Waals surface area contributed by atoms with Crippen molar-refractivity contribution in [3.8, 4) is 0 Å². The zero-order valence-electron chi connectivity index (χ0n) is 11.5. The highest BCUT2D eigenvalue weighted by molar-refractivity contribution is 5.80. The maximum atomic E-state index is 12.2. The molecule has 0 aromatic rings. The largest absolute Gasteiger partial charge is 0.381 e. The molecule has 0 bridgehead atoms. The smallest absolute Gasteiger partial charge is 0.228 e. The molecule has 3 aliphatic heterocycles. The van der Waals surface area contributed by atoms with Crippen LogP contribution in [-0.4, -0.2) is 61.1 Å². The van der Waals surface area contributed by atoms with Crippen molar-refractivity contribution in [2.24, 2.45) is 11.3 Å². The third kappa shape index (κ3) is 2.05. The van der Waals surface area contributed by atoms with Crippen LogP contribution in [0, 0.1) is 11.3 Å². The minimum absolute atomic E-state index is 0.143. The lowest BCUT2D eigenvalue weighted by atomic mass is 9.78. The number of hydrogen-bond donors (Lipinski definition) is 0. The van der Waals surface area contributed by atoms with Crippen LogP contribution >= 0.6 is 0 Å². The zero-order chi connectivity index (χ0) is 12.8. The Morgan fingerprint density at radius 2 is 2.11 bits per heavy atom. The summed E-state index contributed by atoms with van der Waals surface area (Å²) in [5, 5.41) is 0. The Hall–Kier alpha value is -0.610. The van der Waals surface area contributed by atoms with Gasteiger partial charge in [-0.3, -0.25) is 4.79 Å². The number of nitrogens with zero attached hydrogens (tertiary/aromatic N) is 2. The van der Waals surface area contributed by atoms with Crippen LogP contribution in [0.2, 0.25) is 0 Å². The summed E-state index contributed by atoms with van der Waals surface area (Å²) >= 11 is 0. The number of hydrogen-bond acceptors (Lipinski definition) is 3. The van der Waals surface area contributed by atoms with Crippen LogP contribution in [0.5, 0.6) is 0 Å². The topological polar surface area (TPSA) is 32.8 Å². The molecule has 3 aliphatic rings. The minimum Gasteiger partial charge on any atom is -0.381 e. The molecule has 0 aliphatic carbocycles. The first-order chi connectivity index (χ1) is 8.60. The summed E-state index contributed by atoms with van der Waals surface area (Å²) in [6, 6.07) is 0.636. The average Bonchev–Trinajstić information content (AvgIpc) is 2.95. The Labute approximate surface area is 109 Å². The highest BCUT2D eigenvalue weighted by atomic mass is 16.5. The van der Waals surface area contributed by atoms with Gasteiger partial charge in [0.15, 0.2) is 0 Å². The Balaban J connectivity index is 1.52. The Kier molecular flexibility index (Phi) is 3.10. The quantitative estimate of drug-likeness (QED) is 0.734. The van der Waals surface area contributed by atoms with E-state index in [0.717, 1.165) is 26.1 Å². The molecular formula is C14H24N2O2. The first-order valence-electron chi connectivity index (χ1n) is 7.20. The summed E-state index contributed by atoms with van der Waals surface area (Å²) in [7, 11) is 0. The highest BCUT2D eigenvalue weighted by Gasteiger charge is 2.50. The van der Waals surface area contributed by atoms with Crippen molar-refractivity contribution in [3.05, 3.63) is 0 Å². The van der Waals surface area contributed by atoms with E-state index >= 15 is 0 Å². The van der Waals surface area contributed by atoms with Crippen LogP contribution < -0.4 is 0 Å². The van der Waals surface area contributed by atoms with Crippen molar-refractivity contribution < 1.29 is 9.53 Å². The van der Waals surface area contributed by atoms with Gasteiger partial charge in [-0.1, -0.05) is 0 Å². The fourth-order valence-corrected chi connectivity index (χ4v) is 3.58. The van der Waals surface area contributed by atoms with E-state index in [1.807, 2.05) is 0 Å². The molecule has 4 heteroatoms. The molecule has 0 saturated carbocycles. The van der Waals surface area contributed by atoms with Gasteiger partial charge in [0.1, 0.15) is 0 Å². The average molecular weight is 252 g/mol. The number of rotatable bonds is 2. The molecule has 1 atom stereocenters. The SMILES string of the molecule is CC(C)N1CCC2(CN(C(=O)C3CCOC3)C2)C1. The maximum Gasteiger partial charge on any atom is 0.228 e. The minimum atomic E-state index is 0.143. The standard InChI is InChI=1S/C14H24N2O2/c1-11(2)15-5-4-14(8-15)9-16(10-14)13(17)12-3-6-18-7-12/h11-12H,3-10H2,1-2H3. The van der Waals surface area contributed by atoms with Gasteiger partial charge in [0.2, 0.25) is 5.91 Å². The van der Waals surface area contributed by atoms with Crippen LogP contribution in [0.3, 0.4) is 0 Å². The third-order valence-corrected chi connectivity index (χ3v) is 4.84. The monoisotopic (exact) mass is 252 g/mol. The summed E-state index contributed by atoms with van der Waals surface area (Å²) in [5.74, 6) is 0.478. The van der Waals surface area contributed by atoms with Gasteiger partial charge in [0.25, 0.3) is 0 Å². The number of carbonyl (C=O) groups is 1. The molecule has 0 N–H and O–H groups in total. The third-order valence-electron chi connectivity index (χ3n) is 4.84. The predicted molar refractivity (Wildman–Crippen MR) is 69.3 cm³/mol. The van der Waals surface area contributed by atoms with Crippen molar-refractivity contribution >= 4 is 5.91 Å². The first kappa shape index (κ1) is 12.4. The maximum absolute atomic E-state index is 12.2. The fraction of sp³-hybridized carbons (Fsp3) is 0.929. The van der Waals surface area contributed by atoms with E-state index in [9.17, 15) is 4.79 Å². The van der Waals surface area contributed by atoms with Crippen molar-refractivity contribution in [3.63, 3.8) is 0 Å². The Morgan fingerprint density at radius 1 is 1.33 bits per heavy atom. The van der Waals surface area contributed by atoms with Crippen LogP contribution in [0.25, 0.3) is 0 Å². The molecular weight excluding hydrogens is 228 g/mol. The van der Waals surface area contributed by atoms with Gasteiger partial charge in [-0.25, -0.2) is 0 Å². The molecule has 1 amide bonds. The summed E-state index contributed by atoms with van der Waals surface area (Å²) < 4.78 is 5.31. The normalized spacial score (nSPS) is 31.3. The molecule has 1 spiro atoms. The van der Waals surface area contributed by atoms with Gasteiger partial charge in [-0.05, 0) is 33.2 Å². The lowest BCUT2D eigenvalue weighted by molar-refractivity contribution is -0.147. The molecule has 3 fully saturated rings. The van der Waals surface area contributed by atoms with Gasteiger partial charge in [-0.15, -0.1) is 0 Å². The van der Waals surface area contributed by atoms with Gasteiger partial charge in [0.05, 0.1) is 12.5 Å². The van der Waals surface area contributed by atoms with Crippen LogP contribution in [0.4, 0.5) is 0 Å². The second-order valence-corrected chi connectivity index (χ2v) is 6.57. The molecule has 0 aromatic carbocycles. The molecule has 3 heterocycles. The predicted octanol–water partition coefficient (Wildman–Crippen LogP) is 0.966. The van der Waals surface area contributed by atoms with E-state index < -0.39 is 0 Å². The van der Waals surface area contributed by atoms with Crippen molar-refractivity contribution in [1.82, 2.24) is 9.80 Å². The lowest BCUT2D eigenvalue weighted by Gasteiger charge is -2.49. The van der Waals surface area contributed by atoms with Gasteiger partial charge in [-0.2, -0.15) is 0 Å².